The predicted octanol–water partition coefficient (Wildman–Crippen LogP) is 1.04. The van der Waals surface area contributed by atoms with Crippen molar-refractivity contribution in [2.24, 2.45) is 0 Å². The Bertz CT molecular complexity index is 324. The van der Waals surface area contributed by atoms with Gasteiger partial charge in [-0.1, -0.05) is 24.3 Å². The molecule has 0 aromatic carbocycles. The molecular formula is C8H10N4. The van der Waals surface area contributed by atoms with Crippen molar-refractivity contribution in [3.63, 3.8) is 0 Å². The summed E-state index contributed by atoms with van der Waals surface area (Å²) in [5.41, 5.74) is 0. The Labute approximate surface area is 70.6 Å². The molecule has 4 heteroatoms. The summed E-state index contributed by atoms with van der Waals surface area (Å²) in [6.45, 7) is 1.91. The number of rotatable bonds is 1. The standard InChI is InChI=1S/C8H10N4/c1-7-9-10-11-12(7)8-5-3-2-4-6-8/h2-5,8H,6H2,1H3. The number of aromatic nitrogens is 4. The lowest BCUT2D eigenvalue weighted by atomic mass is 10.1. The second-order valence-electron chi connectivity index (χ2n) is 2.79. The van der Waals surface area contributed by atoms with E-state index >= 15 is 0 Å². The van der Waals surface area contributed by atoms with E-state index in [2.05, 4.69) is 27.7 Å². The first-order chi connectivity index (χ1) is 5.88. The Hall–Kier alpha value is -1.45. The first kappa shape index (κ1) is 7.21. The average molecular weight is 162 g/mol. The van der Waals surface area contributed by atoms with E-state index in [1.54, 1.807) is 0 Å². The number of hydrogen-bond donors (Lipinski definition) is 0. The number of aryl methyl sites for hydroxylation is 1. The molecule has 0 bridgehead atoms. The second-order valence-corrected chi connectivity index (χ2v) is 2.79. The van der Waals surface area contributed by atoms with Crippen molar-refractivity contribution in [1.82, 2.24) is 20.2 Å². The maximum Gasteiger partial charge on any atom is 0.148 e. The molecule has 62 valence electrons. The fourth-order valence-electron chi connectivity index (χ4n) is 1.29. The van der Waals surface area contributed by atoms with Gasteiger partial charge in [-0.3, -0.25) is 0 Å². The van der Waals surface area contributed by atoms with E-state index in [4.69, 9.17) is 0 Å². The lowest BCUT2D eigenvalue weighted by molar-refractivity contribution is 0.510. The third kappa shape index (κ3) is 1.15. The van der Waals surface area contributed by atoms with Gasteiger partial charge in [0.2, 0.25) is 0 Å². The third-order valence-corrected chi connectivity index (χ3v) is 1.93. The van der Waals surface area contributed by atoms with Gasteiger partial charge < -0.3 is 0 Å². The molecule has 0 aliphatic heterocycles. The largest absolute Gasteiger partial charge is 0.223 e. The number of allylic oxidation sites excluding steroid dienone is 4. The van der Waals surface area contributed by atoms with Crippen LogP contribution < -0.4 is 0 Å². The van der Waals surface area contributed by atoms with Gasteiger partial charge in [0.1, 0.15) is 5.82 Å². The zero-order chi connectivity index (χ0) is 8.39. The highest BCUT2D eigenvalue weighted by molar-refractivity contribution is 5.12. The summed E-state index contributed by atoms with van der Waals surface area (Å²) in [6, 6.07) is 0.296. The Morgan fingerprint density at radius 3 is 3.00 bits per heavy atom. The number of nitrogens with zero attached hydrogens (tertiary/aromatic N) is 4. The minimum Gasteiger partial charge on any atom is -0.223 e. The van der Waals surface area contributed by atoms with Gasteiger partial charge in [-0.15, -0.1) is 5.10 Å². The molecular weight excluding hydrogens is 152 g/mol. The Balaban J connectivity index is 2.26. The molecule has 0 amide bonds. The average Bonchev–Trinajstić information content (AvgIpc) is 2.53. The van der Waals surface area contributed by atoms with Crippen LogP contribution >= 0.6 is 0 Å². The van der Waals surface area contributed by atoms with E-state index < -0.39 is 0 Å². The number of tetrazole rings is 1. The Morgan fingerprint density at radius 2 is 2.42 bits per heavy atom. The maximum absolute atomic E-state index is 3.91. The van der Waals surface area contributed by atoms with Crippen LogP contribution in [-0.2, 0) is 0 Å². The van der Waals surface area contributed by atoms with Crippen LogP contribution in [0.2, 0.25) is 0 Å². The molecule has 1 aromatic heterocycles. The summed E-state index contributed by atoms with van der Waals surface area (Å²) in [7, 11) is 0. The number of hydrogen-bond acceptors (Lipinski definition) is 3. The van der Waals surface area contributed by atoms with Gasteiger partial charge in [0.25, 0.3) is 0 Å². The molecule has 0 fully saturated rings. The molecule has 0 saturated heterocycles. The minimum absolute atomic E-state index is 0.296. The van der Waals surface area contributed by atoms with Crippen LogP contribution in [0.3, 0.4) is 0 Å². The Kier molecular flexibility index (Phi) is 1.74. The van der Waals surface area contributed by atoms with Gasteiger partial charge >= 0.3 is 0 Å². The van der Waals surface area contributed by atoms with Crippen LogP contribution in [-0.4, -0.2) is 20.2 Å². The molecule has 1 aliphatic rings. The summed E-state index contributed by atoms with van der Waals surface area (Å²) in [6.07, 6.45) is 9.25. The molecule has 0 saturated carbocycles. The molecule has 0 spiro atoms. The molecule has 1 atom stereocenters. The van der Waals surface area contributed by atoms with Crippen molar-refractivity contribution in [3.8, 4) is 0 Å². The van der Waals surface area contributed by atoms with Crippen LogP contribution in [0.5, 0.6) is 0 Å². The third-order valence-electron chi connectivity index (χ3n) is 1.93. The smallest absolute Gasteiger partial charge is 0.148 e. The molecule has 4 nitrogen and oxygen atoms in total. The van der Waals surface area contributed by atoms with Crippen LogP contribution in [0.25, 0.3) is 0 Å². The molecule has 1 aliphatic carbocycles. The zero-order valence-electron chi connectivity index (χ0n) is 6.88. The highest BCUT2D eigenvalue weighted by Crippen LogP contribution is 2.16. The molecule has 0 radical (unpaired) electrons. The van der Waals surface area contributed by atoms with Gasteiger partial charge in [-0.25, -0.2) is 4.68 Å². The van der Waals surface area contributed by atoms with Crippen molar-refractivity contribution < 1.29 is 0 Å². The summed E-state index contributed by atoms with van der Waals surface area (Å²) in [5, 5.41) is 11.3. The van der Waals surface area contributed by atoms with Gasteiger partial charge in [0.15, 0.2) is 0 Å². The first-order valence-corrected chi connectivity index (χ1v) is 3.96. The van der Waals surface area contributed by atoms with E-state index in [0.717, 1.165) is 12.2 Å². The molecule has 1 unspecified atom stereocenters. The molecule has 2 rings (SSSR count). The molecule has 1 aromatic rings. The lowest BCUT2D eigenvalue weighted by Gasteiger charge is -2.12. The van der Waals surface area contributed by atoms with Crippen molar-refractivity contribution in [3.05, 3.63) is 30.1 Å². The summed E-state index contributed by atoms with van der Waals surface area (Å²) in [4.78, 5) is 0. The monoisotopic (exact) mass is 162 g/mol. The van der Waals surface area contributed by atoms with E-state index in [0.29, 0.717) is 6.04 Å². The van der Waals surface area contributed by atoms with Crippen LogP contribution in [0.4, 0.5) is 0 Å². The Morgan fingerprint density at radius 1 is 1.50 bits per heavy atom. The maximum atomic E-state index is 3.91. The molecule has 0 N–H and O–H groups in total. The first-order valence-electron chi connectivity index (χ1n) is 3.96. The minimum atomic E-state index is 0.296. The van der Waals surface area contributed by atoms with E-state index in [1.807, 2.05) is 23.8 Å². The van der Waals surface area contributed by atoms with E-state index in [-0.39, 0.29) is 0 Å². The van der Waals surface area contributed by atoms with Crippen molar-refractivity contribution >= 4 is 0 Å². The van der Waals surface area contributed by atoms with Crippen molar-refractivity contribution in [2.75, 3.05) is 0 Å². The summed E-state index contributed by atoms with van der Waals surface area (Å²) >= 11 is 0. The van der Waals surface area contributed by atoms with Crippen molar-refractivity contribution in [2.45, 2.75) is 19.4 Å². The SMILES string of the molecule is Cc1nnnn1C1C=CC=CC1. The predicted molar refractivity (Wildman–Crippen MR) is 44.5 cm³/mol. The fraction of sp³-hybridized carbons (Fsp3) is 0.375. The van der Waals surface area contributed by atoms with Crippen molar-refractivity contribution in [1.29, 1.82) is 0 Å². The summed E-state index contributed by atoms with van der Waals surface area (Å²) in [5.74, 6) is 0.861. The highest BCUT2D eigenvalue weighted by Gasteiger charge is 2.11. The quantitative estimate of drug-likeness (QED) is 0.619. The normalized spacial score (nSPS) is 21.6. The van der Waals surface area contributed by atoms with Crippen LogP contribution in [0, 0.1) is 6.92 Å². The van der Waals surface area contributed by atoms with E-state index in [1.165, 1.54) is 0 Å². The highest BCUT2D eigenvalue weighted by atomic mass is 15.5. The van der Waals surface area contributed by atoms with Crippen LogP contribution in [0.15, 0.2) is 24.3 Å². The van der Waals surface area contributed by atoms with Gasteiger partial charge in [-0.05, 0) is 23.8 Å². The fourth-order valence-corrected chi connectivity index (χ4v) is 1.29. The van der Waals surface area contributed by atoms with Crippen LogP contribution in [0.1, 0.15) is 18.3 Å². The zero-order valence-corrected chi connectivity index (χ0v) is 6.88. The van der Waals surface area contributed by atoms with Gasteiger partial charge in [0.05, 0.1) is 6.04 Å². The lowest BCUT2D eigenvalue weighted by Crippen LogP contribution is -2.10. The molecule has 12 heavy (non-hydrogen) atoms. The molecule has 1 heterocycles. The summed E-state index contributed by atoms with van der Waals surface area (Å²) < 4.78 is 1.83. The van der Waals surface area contributed by atoms with E-state index in [9.17, 15) is 0 Å². The topological polar surface area (TPSA) is 43.6 Å². The van der Waals surface area contributed by atoms with Gasteiger partial charge in [-0.2, -0.15) is 0 Å². The second kappa shape index (κ2) is 2.89. The van der Waals surface area contributed by atoms with Gasteiger partial charge in [0, 0.05) is 0 Å².